The van der Waals surface area contributed by atoms with Gasteiger partial charge in [-0.3, -0.25) is 0 Å². The summed E-state index contributed by atoms with van der Waals surface area (Å²) in [6, 6.07) is 107. The highest BCUT2D eigenvalue weighted by Crippen LogP contribution is 2.55. The molecular formula is C86H65BN4O. The summed E-state index contributed by atoms with van der Waals surface area (Å²) < 4.78 is 12.0. The second-order valence-electron chi connectivity index (χ2n) is 26.2. The molecule has 0 saturated heterocycles. The van der Waals surface area contributed by atoms with Crippen LogP contribution < -0.4 is 26.2 Å². The molecule has 0 aliphatic carbocycles. The Bertz CT molecular complexity index is 5470. The highest BCUT2D eigenvalue weighted by molar-refractivity contribution is 7.00. The molecule has 0 amide bonds. The summed E-state index contributed by atoms with van der Waals surface area (Å²) in [6.07, 6.45) is 3.01. The van der Waals surface area contributed by atoms with Gasteiger partial charge in [0.25, 0.3) is 6.71 Å². The predicted molar refractivity (Wildman–Crippen MR) is 390 cm³/mol. The molecule has 13 aromatic carbocycles. The van der Waals surface area contributed by atoms with E-state index in [1.54, 1.807) is 0 Å². The normalized spacial score (nSPS) is 12.8. The first-order valence-electron chi connectivity index (χ1n) is 32.6. The summed E-state index contributed by atoms with van der Waals surface area (Å²) in [4.78, 5) is 5.41. The molecular weight excluding hydrogens is 1120 g/mol. The van der Waals surface area contributed by atoms with Crippen LogP contribution in [-0.4, -0.2) is 15.8 Å². The average molecular weight is 1180 g/mol. The first-order valence-corrected chi connectivity index (χ1v) is 32.6. The number of nitrogens with zero attached hydrogens (tertiary/aromatic N) is 4. The molecule has 0 atom stereocenters. The second-order valence-corrected chi connectivity index (χ2v) is 26.2. The summed E-state index contributed by atoms with van der Waals surface area (Å²) in [7, 11) is 0. The van der Waals surface area contributed by atoms with E-state index in [4.69, 9.17) is 4.42 Å². The number of rotatable bonds is 10. The largest absolute Gasteiger partial charge is 0.456 e. The van der Waals surface area contributed by atoms with Crippen LogP contribution in [0.15, 0.2) is 290 Å². The Hall–Kier alpha value is -11.1. The molecule has 2 aliphatic heterocycles. The zero-order valence-electron chi connectivity index (χ0n) is 52.0. The second kappa shape index (κ2) is 21.0. The Labute approximate surface area is 536 Å². The van der Waals surface area contributed by atoms with Crippen molar-refractivity contribution in [3.8, 4) is 44.8 Å². The van der Waals surface area contributed by atoms with E-state index in [1.807, 2.05) is 0 Å². The van der Waals surface area contributed by atoms with Gasteiger partial charge in [-0.2, -0.15) is 0 Å². The molecule has 0 N–H and O–H groups in total. The highest BCUT2D eigenvalue weighted by atomic mass is 16.3. The predicted octanol–water partition coefficient (Wildman–Crippen LogP) is 21.5. The van der Waals surface area contributed by atoms with Crippen LogP contribution in [0.3, 0.4) is 0 Å². The van der Waals surface area contributed by atoms with E-state index >= 15 is 0 Å². The Balaban J connectivity index is 1.02. The Morgan fingerprint density at radius 1 is 0.370 bits per heavy atom. The maximum atomic E-state index is 6.98. The van der Waals surface area contributed by atoms with Crippen LogP contribution in [0.4, 0.5) is 34.1 Å². The Morgan fingerprint density at radius 3 is 1.28 bits per heavy atom. The fourth-order valence-electron chi connectivity index (χ4n) is 15.6. The molecule has 0 saturated carbocycles. The van der Waals surface area contributed by atoms with E-state index in [0.29, 0.717) is 0 Å². The van der Waals surface area contributed by atoms with Crippen molar-refractivity contribution in [1.29, 1.82) is 0 Å². The number of aryl methyl sites for hydroxylation is 1. The van der Waals surface area contributed by atoms with Crippen molar-refractivity contribution in [1.82, 2.24) is 9.13 Å². The van der Waals surface area contributed by atoms with E-state index in [-0.39, 0.29) is 12.1 Å². The van der Waals surface area contributed by atoms with Crippen LogP contribution in [-0.2, 0) is 11.8 Å². The summed E-state index contributed by atoms with van der Waals surface area (Å²) >= 11 is 0. The van der Waals surface area contributed by atoms with Crippen LogP contribution >= 0.6 is 0 Å². The molecule has 0 radical (unpaired) electrons. The van der Waals surface area contributed by atoms with Crippen LogP contribution in [0.5, 0.6) is 0 Å². The molecule has 0 fully saturated rings. The smallest absolute Gasteiger partial charge is 0.252 e. The molecule has 0 bridgehead atoms. The fourth-order valence-corrected chi connectivity index (χ4v) is 15.6. The molecule has 438 valence electrons. The van der Waals surface area contributed by atoms with Crippen LogP contribution in [0.1, 0.15) is 51.7 Å². The third kappa shape index (κ3) is 8.26. The molecule has 92 heavy (non-hydrogen) atoms. The maximum Gasteiger partial charge on any atom is 0.252 e. The minimum absolute atomic E-state index is 0.200. The zero-order chi connectivity index (χ0) is 61.3. The number of aromatic nitrogens is 2. The third-order valence-corrected chi connectivity index (χ3v) is 19.8. The topological polar surface area (TPSA) is 29.5 Å². The number of anilines is 6. The van der Waals surface area contributed by atoms with Gasteiger partial charge >= 0.3 is 0 Å². The summed E-state index contributed by atoms with van der Waals surface area (Å²) in [5.41, 5.74) is 28.5. The monoisotopic (exact) mass is 1180 g/mol. The first-order chi connectivity index (χ1) is 45.3. The van der Waals surface area contributed by atoms with Gasteiger partial charge in [0.15, 0.2) is 0 Å². The minimum atomic E-state index is -0.296. The lowest BCUT2D eigenvalue weighted by Gasteiger charge is -2.46. The quantitative estimate of drug-likeness (QED) is 0.128. The van der Waals surface area contributed by atoms with Gasteiger partial charge in [-0.15, -0.1) is 0 Å². The first kappa shape index (κ1) is 53.9. The molecule has 0 spiro atoms. The van der Waals surface area contributed by atoms with Gasteiger partial charge in [0, 0.05) is 72.2 Å². The van der Waals surface area contributed by atoms with Crippen molar-refractivity contribution in [2.24, 2.45) is 0 Å². The van der Waals surface area contributed by atoms with Gasteiger partial charge in [-0.1, -0.05) is 234 Å². The van der Waals surface area contributed by atoms with E-state index < -0.39 is 0 Å². The van der Waals surface area contributed by atoms with E-state index in [0.717, 1.165) is 103 Å². The molecule has 6 heteroatoms. The van der Waals surface area contributed by atoms with Crippen LogP contribution in [0.25, 0.3) is 110 Å². The number of hydrogen-bond acceptors (Lipinski definition) is 3. The van der Waals surface area contributed by atoms with Crippen molar-refractivity contribution < 1.29 is 4.42 Å². The number of furan rings is 1. The summed E-state index contributed by atoms with van der Waals surface area (Å²) in [6.45, 7) is 9.27. The SMILES string of the molecule is CCCCc1ccc2oc3ccccc3c2c1N1c2cc(-n3c4ccccc4c4ccccc43)ccc2B2c3ccc(-n4c5ccccc5c5ccccc54)cc3N(c3c(-c4ccccc4)cc(-c4ccccc4)cc3-c3ccccc3)c3cc(C(C)(C)C)cc1c32. The van der Waals surface area contributed by atoms with Crippen molar-refractivity contribution in [3.63, 3.8) is 0 Å². The molecule has 0 unspecified atom stereocenters. The molecule has 3 aromatic heterocycles. The summed E-state index contributed by atoms with van der Waals surface area (Å²) in [5, 5.41) is 7.18. The van der Waals surface area contributed by atoms with Gasteiger partial charge in [0.05, 0.1) is 38.8 Å². The van der Waals surface area contributed by atoms with E-state index in [9.17, 15) is 0 Å². The number of hydrogen-bond donors (Lipinski definition) is 0. The Morgan fingerprint density at radius 2 is 0.804 bits per heavy atom. The zero-order valence-corrected chi connectivity index (χ0v) is 52.0. The lowest BCUT2D eigenvalue weighted by molar-refractivity contribution is 0.590. The van der Waals surface area contributed by atoms with Gasteiger partial charge in [0.2, 0.25) is 0 Å². The third-order valence-electron chi connectivity index (χ3n) is 19.8. The van der Waals surface area contributed by atoms with Crippen molar-refractivity contribution >= 4 is 123 Å². The van der Waals surface area contributed by atoms with Gasteiger partial charge in [0.1, 0.15) is 11.2 Å². The van der Waals surface area contributed by atoms with Crippen LogP contribution in [0.2, 0.25) is 0 Å². The maximum absolute atomic E-state index is 6.98. The minimum Gasteiger partial charge on any atom is -0.456 e. The van der Waals surface area contributed by atoms with Gasteiger partial charge < -0.3 is 23.4 Å². The molecule has 5 nitrogen and oxygen atoms in total. The number of para-hydroxylation sites is 5. The average Bonchev–Trinajstić information content (AvgIpc) is 0.757. The highest BCUT2D eigenvalue weighted by Gasteiger charge is 2.46. The number of benzene rings is 13. The van der Waals surface area contributed by atoms with E-state index in [1.165, 1.54) is 88.1 Å². The van der Waals surface area contributed by atoms with Crippen molar-refractivity contribution in [2.75, 3.05) is 9.80 Å². The summed E-state index contributed by atoms with van der Waals surface area (Å²) in [5.74, 6) is 0. The molecule has 16 aromatic rings. The molecule has 2 aliphatic rings. The van der Waals surface area contributed by atoms with Gasteiger partial charge in [-0.25, -0.2) is 0 Å². The van der Waals surface area contributed by atoms with Crippen molar-refractivity contribution in [3.05, 3.63) is 296 Å². The van der Waals surface area contributed by atoms with Crippen LogP contribution in [0, 0.1) is 0 Å². The molecule has 18 rings (SSSR count). The lowest BCUT2D eigenvalue weighted by atomic mass is 9.33. The number of unbranched alkanes of at least 4 members (excludes halogenated alkanes) is 1. The van der Waals surface area contributed by atoms with Crippen molar-refractivity contribution in [2.45, 2.75) is 52.4 Å². The molecule has 5 heterocycles. The fraction of sp³-hybridized carbons (Fsp3) is 0.0930. The van der Waals surface area contributed by atoms with Gasteiger partial charge in [-0.05, 0) is 153 Å². The number of fused-ring (bicyclic) bond motifs is 13. The Kier molecular flexibility index (Phi) is 12.3. The lowest BCUT2D eigenvalue weighted by Crippen LogP contribution is -2.61. The standard InChI is InChI=1S/C86H65BN4O/c1-5-6-26-58-43-48-81-82(67-37-20-25-42-80(67)92-81)84(58)90-76-53-61(88-72-38-21-16-33-63(72)64-34-17-22-39-73(64)88)44-46-70(76)87-71-47-45-62(89-74-40-23-18-35-65(74)66-36-19-24-41-75(66)89)54-77(71)91(79-52-60(86(2,3)4)51-78(90)83(79)87)85-68(56-29-12-8-13-30-56)49-59(55-27-10-7-11-28-55)50-69(85)57-31-14-9-15-32-57/h7-25,27-54H,5-6,26H2,1-4H3. The van der Waals surface area contributed by atoms with E-state index in [2.05, 4.69) is 332 Å².